The minimum Gasteiger partial charge on any atom is -0.321 e. The highest BCUT2D eigenvalue weighted by atomic mass is 15.3. The third-order valence-corrected chi connectivity index (χ3v) is 4.43. The number of nitrogens with one attached hydrogen (secondary N) is 2. The van der Waals surface area contributed by atoms with E-state index >= 15 is 0 Å². The molecule has 4 aromatic heterocycles. The molecule has 0 spiro atoms. The second kappa shape index (κ2) is 6.62. The van der Waals surface area contributed by atoms with Gasteiger partial charge in [-0.25, -0.2) is 9.67 Å². The number of anilines is 2. The summed E-state index contributed by atoms with van der Waals surface area (Å²) in [5.41, 5.74) is 4.90. The Hall–Kier alpha value is -4.01. The van der Waals surface area contributed by atoms with Crippen molar-refractivity contribution >= 4 is 22.7 Å². The predicted octanol–water partition coefficient (Wildman–Crippen LogP) is 2.74. The van der Waals surface area contributed by atoms with Gasteiger partial charge in [0.15, 0.2) is 5.65 Å². The van der Waals surface area contributed by atoms with Gasteiger partial charge in [-0.15, -0.1) is 0 Å². The van der Waals surface area contributed by atoms with E-state index in [1.807, 2.05) is 36.4 Å². The van der Waals surface area contributed by atoms with Crippen LogP contribution in [0.1, 0.15) is 5.56 Å². The molecule has 5 aromatic rings. The van der Waals surface area contributed by atoms with Gasteiger partial charge in [0.25, 0.3) is 0 Å². The van der Waals surface area contributed by atoms with Crippen LogP contribution in [0.3, 0.4) is 0 Å². The average Bonchev–Trinajstić information content (AvgIpc) is 3.45. The molecule has 28 heavy (non-hydrogen) atoms. The molecule has 138 valence electrons. The molecule has 0 aliphatic heterocycles. The Labute approximate surface area is 160 Å². The number of rotatable bonds is 5. The van der Waals surface area contributed by atoms with Gasteiger partial charge in [-0.3, -0.25) is 9.78 Å². The first-order chi connectivity index (χ1) is 13.7. The molecule has 2 N–H and O–H groups in total. The van der Waals surface area contributed by atoms with Gasteiger partial charge in [0.1, 0.15) is 0 Å². The number of benzene rings is 1. The number of H-pyrrole nitrogens is 1. The molecule has 0 radical (unpaired) electrons. The zero-order chi connectivity index (χ0) is 18.9. The van der Waals surface area contributed by atoms with Crippen LogP contribution in [-0.4, -0.2) is 39.7 Å². The maximum atomic E-state index is 4.63. The van der Waals surface area contributed by atoms with Crippen molar-refractivity contribution in [2.75, 3.05) is 5.32 Å². The summed E-state index contributed by atoms with van der Waals surface area (Å²) >= 11 is 0. The highest BCUT2D eigenvalue weighted by molar-refractivity contribution is 5.75. The number of fused-ring (bicyclic) bond motifs is 1. The van der Waals surface area contributed by atoms with Crippen LogP contribution in [0.2, 0.25) is 0 Å². The summed E-state index contributed by atoms with van der Waals surface area (Å²) in [6, 6.07) is 8.31. The lowest BCUT2D eigenvalue weighted by molar-refractivity contribution is 0.704. The van der Waals surface area contributed by atoms with E-state index in [1.165, 1.54) is 0 Å². The van der Waals surface area contributed by atoms with Gasteiger partial charge in [-0.05, 0) is 17.2 Å². The van der Waals surface area contributed by atoms with Crippen molar-refractivity contribution in [3.8, 4) is 11.1 Å². The maximum Gasteiger partial charge on any atom is 0.229 e. The fourth-order valence-electron chi connectivity index (χ4n) is 3.09. The zero-order valence-corrected chi connectivity index (χ0v) is 15.1. The molecule has 4 heterocycles. The molecule has 0 aliphatic carbocycles. The molecule has 0 aliphatic rings. The van der Waals surface area contributed by atoms with Crippen LogP contribution in [0.25, 0.3) is 22.2 Å². The number of hydrogen-bond acceptors (Lipinski definition) is 6. The number of hydrogen-bond donors (Lipinski definition) is 2. The van der Waals surface area contributed by atoms with Crippen molar-refractivity contribution < 1.29 is 0 Å². The summed E-state index contributed by atoms with van der Waals surface area (Å²) in [7, 11) is 1.86. The highest BCUT2D eigenvalue weighted by Crippen LogP contribution is 2.21. The van der Waals surface area contributed by atoms with E-state index in [0.29, 0.717) is 12.5 Å². The van der Waals surface area contributed by atoms with Crippen molar-refractivity contribution in [2.45, 2.75) is 6.54 Å². The Morgan fingerprint density at radius 2 is 2.04 bits per heavy atom. The number of aromatic nitrogens is 8. The summed E-state index contributed by atoms with van der Waals surface area (Å²) in [6.45, 7) is 0.610. The van der Waals surface area contributed by atoms with Gasteiger partial charge in [0.05, 0.1) is 36.2 Å². The summed E-state index contributed by atoms with van der Waals surface area (Å²) in [5.74, 6) is 0.509. The molecular formula is C19H17N9. The molecule has 0 saturated carbocycles. The van der Waals surface area contributed by atoms with Gasteiger partial charge in [-0.2, -0.15) is 20.3 Å². The van der Waals surface area contributed by atoms with Crippen molar-refractivity contribution in [3.63, 3.8) is 0 Å². The summed E-state index contributed by atoms with van der Waals surface area (Å²) < 4.78 is 3.60. The van der Waals surface area contributed by atoms with E-state index in [0.717, 1.165) is 33.4 Å². The average molecular weight is 371 g/mol. The van der Waals surface area contributed by atoms with Gasteiger partial charge < -0.3 is 5.32 Å². The third-order valence-electron chi connectivity index (χ3n) is 4.43. The lowest BCUT2D eigenvalue weighted by atomic mass is 10.1. The lowest BCUT2D eigenvalue weighted by Gasteiger charge is -2.07. The van der Waals surface area contributed by atoms with Crippen LogP contribution >= 0.6 is 0 Å². The van der Waals surface area contributed by atoms with Crippen LogP contribution in [0.4, 0.5) is 11.6 Å². The van der Waals surface area contributed by atoms with Crippen molar-refractivity contribution in [1.82, 2.24) is 39.7 Å². The Kier molecular flexibility index (Phi) is 3.82. The number of aromatic amines is 1. The van der Waals surface area contributed by atoms with E-state index in [2.05, 4.69) is 53.9 Å². The first-order valence-corrected chi connectivity index (χ1v) is 8.77. The Balaban J connectivity index is 1.44. The normalized spacial score (nSPS) is 11.2. The van der Waals surface area contributed by atoms with Crippen molar-refractivity contribution in [3.05, 3.63) is 67.0 Å². The standard InChI is InChI=1S/C19H17N9/c1-27-12-17(10-23-27)25-19-20-6-16-9-24-28(18(16)26-19)11-13-3-2-4-14(5-13)15-7-21-22-8-15/h2-10,12H,11H2,1H3,(H,21,22)(H,20,25,26). The molecule has 0 unspecified atom stereocenters. The molecule has 0 bridgehead atoms. The quantitative estimate of drug-likeness (QED) is 0.492. The lowest BCUT2D eigenvalue weighted by Crippen LogP contribution is -2.04. The van der Waals surface area contributed by atoms with Crippen LogP contribution in [0, 0.1) is 0 Å². The SMILES string of the molecule is Cn1cc(Nc2ncc3cnn(Cc4cccc(-c5cn[nH]c5)c4)c3n2)cn1. The molecule has 9 heteroatoms. The molecule has 0 amide bonds. The minimum atomic E-state index is 0.509. The smallest absolute Gasteiger partial charge is 0.229 e. The van der Waals surface area contributed by atoms with Crippen molar-refractivity contribution in [2.24, 2.45) is 7.05 Å². The molecule has 9 nitrogen and oxygen atoms in total. The van der Waals surface area contributed by atoms with Gasteiger partial charge in [0.2, 0.25) is 5.95 Å². The fraction of sp³-hybridized carbons (Fsp3) is 0.105. The first kappa shape index (κ1) is 16.2. The Bertz CT molecular complexity index is 1230. The fourth-order valence-corrected chi connectivity index (χ4v) is 3.09. The van der Waals surface area contributed by atoms with Crippen LogP contribution in [-0.2, 0) is 13.6 Å². The van der Waals surface area contributed by atoms with Crippen LogP contribution < -0.4 is 5.32 Å². The first-order valence-electron chi connectivity index (χ1n) is 8.77. The van der Waals surface area contributed by atoms with Gasteiger partial charge in [-0.1, -0.05) is 18.2 Å². The van der Waals surface area contributed by atoms with Gasteiger partial charge in [0, 0.05) is 31.2 Å². The zero-order valence-electron chi connectivity index (χ0n) is 15.1. The number of nitrogens with zero attached hydrogens (tertiary/aromatic N) is 7. The Morgan fingerprint density at radius 3 is 2.86 bits per heavy atom. The van der Waals surface area contributed by atoms with E-state index in [-0.39, 0.29) is 0 Å². The van der Waals surface area contributed by atoms with E-state index < -0.39 is 0 Å². The van der Waals surface area contributed by atoms with E-state index in [1.54, 1.807) is 23.3 Å². The number of aryl methyl sites for hydroxylation is 1. The van der Waals surface area contributed by atoms with E-state index in [9.17, 15) is 0 Å². The molecule has 5 rings (SSSR count). The van der Waals surface area contributed by atoms with E-state index in [4.69, 9.17) is 0 Å². The van der Waals surface area contributed by atoms with Crippen LogP contribution in [0.5, 0.6) is 0 Å². The molecule has 1 aromatic carbocycles. The maximum absolute atomic E-state index is 4.63. The minimum absolute atomic E-state index is 0.509. The molecule has 0 atom stereocenters. The largest absolute Gasteiger partial charge is 0.321 e. The monoisotopic (exact) mass is 371 g/mol. The third kappa shape index (κ3) is 3.09. The van der Waals surface area contributed by atoms with Gasteiger partial charge >= 0.3 is 0 Å². The summed E-state index contributed by atoms with van der Waals surface area (Å²) in [6.07, 6.45) is 10.8. The second-order valence-electron chi connectivity index (χ2n) is 6.49. The Morgan fingerprint density at radius 1 is 1.07 bits per heavy atom. The topological polar surface area (TPSA) is 102 Å². The van der Waals surface area contributed by atoms with Crippen molar-refractivity contribution in [1.29, 1.82) is 0 Å². The molecule has 0 saturated heterocycles. The summed E-state index contributed by atoms with van der Waals surface area (Å²) in [5, 5.41) is 19.6. The summed E-state index contributed by atoms with van der Waals surface area (Å²) in [4.78, 5) is 8.99. The van der Waals surface area contributed by atoms with Crippen LogP contribution in [0.15, 0.2) is 61.4 Å². The predicted molar refractivity (Wildman–Crippen MR) is 105 cm³/mol. The molecule has 0 fully saturated rings. The molecular weight excluding hydrogens is 354 g/mol. The second-order valence-corrected chi connectivity index (χ2v) is 6.49. The highest BCUT2D eigenvalue weighted by Gasteiger charge is 2.09.